The van der Waals surface area contributed by atoms with Crippen molar-refractivity contribution in [2.24, 2.45) is 0 Å². The number of rotatable bonds is 4. The Kier molecular flexibility index (Phi) is 6.00. The lowest BCUT2D eigenvalue weighted by Crippen LogP contribution is -2.27. The van der Waals surface area contributed by atoms with E-state index in [0.29, 0.717) is 15.3 Å². The number of amides is 1. The van der Waals surface area contributed by atoms with Gasteiger partial charge in [0.15, 0.2) is 21.3 Å². The first kappa shape index (κ1) is 24.2. The van der Waals surface area contributed by atoms with E-state index in [9.17, 15) is 31.2 Å². The smallest absolute Gasteiger partial charge is 0.417 e. The molecule has 0 aliphatic rings. The van der Waals surface area contributed by atoms with Gasteiger partial charge in [-0.05, 0) is 39.0 Å². The molecule has 3 heterocycles. The molecule has 0 aliphatic carbocycles. The molecule has 3 rings (SSSR count). The summed E-state index contributed by atoms with van der Waals surface area (Å²) in [5, 5.41) is 6.27. The number of hydrogen-bond donors (Lipinski definition) is 1. The van der Waals surface area contributed by atoms with Crippen molar-refractivity contribution in [2.75, 3.05) is 11.1 Å². The molecule has 0 bridgehead atoms. The van der Waals surface area contributed by atoms with Crippen molar-refractivity contribution in [1.29, 1.82) is 0 Å². The highest BCUT2D eigenvalue weighted by molar-refractivity contribution is 7.91. The summed E-state index contributed by atoms with van der Waals surface area (Å²) >= 11 is 0. The van der Waals surface area contributed by atoms with Gasteiger partial charge in [-0.2, -0.15) is 17.9 Å². The number of hydrogen-bond acceptors (Lipinski definition) is 7. The van der Waals surface area contributed by atoms with Gasteiger partial charge in [-0.3, -0.25) is 5.32 Å². The number of sulfone groups is 1. The van der Waals surface area contributed by atoms with Crippen molar-refractivity contribution in [3.63, 3.8) is 0 Å². The molecule has 0 aliphatic heterocycles. The first-order valence-electron chi connectivity index (χ1n) is 9.54. The molecule has 0 spiro atoms. The van der Waals surface area contributed by atoms with Crippen LogP contribution >= 0.6 is 0 Å². The van der Waals surface area contributed by atoms with Gasteiger partial charge in [0.2, 0.25) is 0 Å². The van der Waals surface area contributed by atoms with Gasteiger partial charge >= 0.3 is 18.0 Å². The van der Waals surface area contributed by atoms with Crippen LogP contribution in [-0.4, -0.2) is 45.0 Å². The van der Waals surface area contributed by atoms with E-state index in [0.717, 1.165) is 24.4 Å². The predicted octanol–water partition coefficient (Wildman–Crippen LogP) is 3.04. The van der Waals surface area contributed by atoms with E-state index in [2.05, 4.69) is 15.4 Å². The number of pyridine rings is 2. The van der Waals surface area contributed by atoms with Crippen LogP contribution in [0.3, 0.4) is 0 Å². The monoisotopic (exact) mass is 487 g/mol. The highest BCUT2D eigenvalue weighted by Gasteiger charge is 2.32. The Hall–Kier alpha value is -3.42. The fraction of sp³-hybridized carbons (Fsp3) is 0.368. The molecule has 1 N–H and O–H groups in total. The lowest BCUT2D eigenvalue weighted by atomic mass is 10.2. The number of halogens is 3. The van der Waals surface area contributed by atoms with Gasteiger partial charge in [0.25, 0.3) is 0 Å². The molecule has 3 aromatic heterocycles. The van der Waals surface area contributed by atoms with E-state index in [1.807, 2.05) is 0 Å². The van der Waals surface area contributed by atoms with Gasteiger partial charge in [-0.25, -0.2) is 27.4 Å². The first-order chi connectivity index (χ1) is 15.1. The van der Waals surface area contributed by atoms with E-state index in [4.69, 9.17) is 4.74 Å². The maximum absolute atomic E-state index is 13.0. The summed E-state index contributed by atoms with van der Waals surface area (Å²) in [6.45, 7) is 6.28. The third-order valence-electron chi connectivity index (χ3n) is 4.24. The normalized spacial score (nSPS) is 12.7. The number of ether oxygens (including phenoxy) is 1. The molecular weight excluding hydrogens is 467 g/mol. The van der Waals surface area contributed by atoms with Crippen molar-refractivity contribution in [3.8, 4) is 5.82 Å². The van der Waals surface area contributed by atoms with Crippen LogP contribution in [0.2, 0.25) is 0 Å². The number of alkyl halides is 3. The Morgan fingerprint density at radius 3 is 2.45 bits per heavy atom. The Labute approximate surface area is 185 Å². The number of carbonyl (C=O) groups excluding carboxylic acids is 1. The number of fused-ring (bicyclic) bond motifs is 1. The Bertz CT molecular complexity index is 1390. The fourth-order valence-electron chi connectivity index (χ4n) is 2.75. The zero-order valence-corrected chi connectivity index (χ0v) is 18.8. The lowest BCUT2D eigenvalue weighted by Gasteiger charge is -2.19. The topological polar surface area (TPSA) is 125 Å². The van der Waals surface area contributed by atoms with Gasteiger partial charge in [-0.15, -0.1) is 5.10 Å². The quantitative estimate of drug-likeness (QED) is 0.600. The first-order valence-corrected chi connectivity index (χ1v) is 11.2. The van der Waals surface area contributed by atoms with Crippen molar-refractivity contribution in [1.82, 2.24) is 19.2 Å². The van der Waals surface area contributed by atoms with Crippen LogP contribution in [0.1, 0.15) is 33.3 Å². The number of nitrogens with one attached hydrogen (secondary N) is 1. The van der Waals surface area contributed by atoms with Gasteiger partial charge in [0.1, 0.15) is 10.5 Å². The number of anilines is 1. The van der Waals surface area contributed by atoms with Gasteiger partial charge < -0.3 is 4.74 Å². The summed E-state index contributed by atoms with van der Waals surface area (Å²) in [7, 11) is -4.00. The molecule has 0 fully saturated rings. The number of nitrogens with zero attached hydrogens (tertiary/aromatic N) is 4. The number of carbonyl (C=O) groups is 1. The summed E-state index contributed by atoms with van der Waals surface area (Å²) in [4.78, 5) is 28.3. The highest BCUT2D eigenvalue weighted by atomic mass is 32.2. The highest BCUT2D eigenvalue weighted by Crippen LogP contribution is 2.29. The van der Waals surface area contributed by atoms with Crippen LogP contribution in [0.4, 0.5) is 23.7 Å². The summed E-state index contributed by atoms with van der Waals surface area (Å²) in [5.41, 5.74) is -3.12. The van der Waals surface area contributed by atoms with Crippen LogP contribution in [0, 0.1) is 0 Å². The average molecular weight is 487 g/mol. The molecule has 10 nitrogen and oxygen atoms in total. The van der Waals surface area contributed by atoms with Crippen LogP contribution in [0.15, 0.2) is 40.3 Å². The van der Waals surface area contributed by atoms with Crippen molar-refractivity contribution >= 4 is 27.3 Å². The van der Waals surface area contributed by atoms with Crippen LogP contribution in [0.25, 0.3) is 11.5 Å². The number of aromatic nitrogens is 4. The summed E-state index contributed by atoms with van der Waals surface area (Å²) in [5.74, 6) is -0.799. The molecule has 0 radical (unpaired) electrons. The third kappa shape index (κ3) is 5.16. The van der Waals surface area contributed by atoms with Gasteiger partial charge in [0.05, 0.1) is 23.2 Å². The lowest BCUT2D eigenvalue weighted by molar-refractivity contribution is -0.137. The van der Waals surface area contributed by atoms with E-state index < -0.39 is 49.7 Å². The van der Waals surface area contributed by atoms with E-state index >= 15 is 0 Å². The molecule has 0 atom stereocenters. The third-order valence-corrected chi connectivity index (χ3v) is 5.97. The van der Waals surface area contributed by atoms with E-state index in [-0.39, 0.29) is 17.1 Å². The van der Waals surface area contributed by atoms with Crippen molar-refractivity contribution in [2.45, 2.75) is 44.4 Å². The molecule has 0 unspecified atom stereocenters. The Morgan fingerprint density at radius 1 is 1.21 bits per heavy atom. The van der Waals surface area contributed by atoms with Crippen LogP contribution < -0.4 is 11.0 Å². The largest absolute Gasteiger partial charge is 0.444 e. The summed E-state index contributed by atoms with van der Waals surface area (Å²) < 4.78 is 70.8. The van der Waals surface area contributed by atoms with Crippen LogP contribution in [-0.2, 0) is 20.8 Å². The molecular formula is C19H20F3N5O5S. The summed E-state index contributed by atoms with van der Waals surface area (Å²) in [6.07, 6.45) is -3.92. The van der Waals surface area contributed by atoms with E-state index in [1.54, 1.807) is 20.8 Å². The minimum absolute atomic E-state index is 0.0313. The van der Waals surface area contributed by atoms with Gasteiger partial charge in [0, 0.05) is 6.20 Å². The molecule has 0 aromatic carbocycles. The summed E-state index contributed by atoms with van der Waals surface area (Å²) in [6, 6.07) is 2.80. The SMILES string of the molecule is CCS(=O)(=O)c1cc(NC(=O)OC(C)(C)C)cnc1-n1nc2ccc(C(F)(F)F)cn2c1=O. The van der Waals surface area contributed by atoms with E-state index in [1.165, 1.54) is 6.92 Å². The van der Waals surface area contributed by atoms with Gasteiger partial charge in [-0.1, -0.05) is 6.92 Å². The minimum atomic E-state index is -4.69. The van der Waals surface area contributed by atoms with Crippen molar-refractivity contribution < 1.29 is 31.1 Å². The zero-order chi connectivity index (χ0) is 24.8. The minimum Gasteiger partial charge on any atom is -0.444 e. The standard InChI is InChI=1S/C19H20F3N5O5S/c1-5-33(30,31)13-8-12(24-16(28)32-18(2,3)4)9-23-15(13)27-17(29)26-10-11(19(20,21)22)6-7-14(26)25-27/h6-10H,5H2,1-4H3,(H,24,28). The molecule has 14 heteroatoms. The predicted molar refractivity (Wildman–Crippen MR) is 111 cm³/mol. The molecule has 0 saturated carbocycles. The molecule has 33 heavy (non-hydrogen) atoms. The molecule has 1 amide bonds. The molecule has 0 saturated heterocycles. The second-order valence-corrected chi connectivity index (χ2v) is 10.2. The zero-order valence-electron chi connectivity index (χ0n) is 18.0. The fourth-order valence-corrected chi connectivity index (χ4v) is 3.79. The average Bonchev–Trinajstić information content (AvgIpc) is 3.02. The molecule has 3 aromatic rings. The Morgan fingerprint density at radius 2 is 1.88 bits per heavy atom. The Balaban J connectivity index is 2.15. The maximum Gasteiger partial charge on any atom is 0.417 e. The maximum atomic E-state index is 13.0. The molecule has 178 valence electrons. The van der Waals surface area contributed by atoms with Crippen LogP contribution in [0.5, 0.6) is 0 Å². The van der Waals surface area contributed by atoms with Crippen molar-refractivity contribution in [3.05, 3.63) is 46.6 Å². The second kappa shape index (κ2) is 8.17. The second-order valence-electron chi connectivity index (χ2n) is 7.91.